The standard InChI is InChI=1S/C13H18N2S2/c1-9(2)12-8-14-13(16)15(12)10(3)7-11-5-4-6-17-11/h4-6,8-10H,7H2,1-3H3,(H,14,16). The zero-order chi connectivity index (χ0) is 12.4. The Labute approximate surface area is 111 Å². The number of aromatic nitrogens is 2. The summed E-state index contributed by atoms with van der Waals surface area (Å²) in [6, 6.07) is 4.70. The number of imidazole rings is 1. The van der Waals surface area contributed by atoms with Crippen LogP contribution in [0.15, 0.2) is 23.7 Å². The monoisotopic (exact) mass is 266 g/mol. The Morgan fingerprint density at radius 3 is 2.76 bits per heavy atom. The van der Waals surface area contributed by atoms with Crippen LogP contribution in [-0.2, 0) is 6.42 Å². The van der Waals surface area contributed by atoms with Gasteiger partial charge in [0, 0.05) is 29.2 Å². The molecule has 0 spiro atoms. The van der Waals surface area contributed by atoms with E-state index in [9.17, 15) is 0 Å². The molecule has 0 radical (unpaired) electrons. The molecule has 2 heterocycles. The summed E-state index contributed by atoms with van der Waals surface area (Å²) < 4.78 is 3.08. The fourth-order valence-electron chi connectivity index (χ4n) is 2.10. The van der Waals surface area contributed by atoms with Gasteiger partial charge < -0.3 is 9.55 Å². The van der Waals surface area contributed by atoms with Gasteiger partial charge in [-0.05, 0) is 36.5 Å². The van der Waals surface area contributed by atoms with Crippen LogP contribution in [0, 0.1) is 4.77 Å². The normalized spacial score (nSPS) is 13.2. The molecule has 2 nitrogen and oxygen atoms in total. The lowest BCUT2D eigenvalue weighted by atomic mass is 10.1. The molecule has 0 aliphatic rings. The summed E-state index contributed by atoms with van der Waals surface area (Å²) >= 11 is 7.19. The van der Waals surface area contributed by atoms with Gasteiger partial charge in [0.15, 0.2) is 4.77 Å². The van der Waals surface area contributed by atoms with E-state index in [4.69, 9.17) is 12.2 Å². The number of thiophene rings is 1. The van der Waals surface area contributed by atoms with Crippen LogP contribution in [0.2, 0.25) is 0 Å². The third kappa shape index (κ3) is 2.69. The second kappa shape index (κ2) is 5.19. The van der Waals surface area contributed by atoms with Crippen LogP contribution in [0.1, 0.15) is 43.3 Å². The van der Waals surface area contributed by atoms with E-state index < -0.39 is 0 Å². The minimum absolute atomic E-state index is 0.407. The lowest BCUT2D eigenvalue weighted by molar-refractivity contribution is 0.511. The fraction of sp³-hybridized carbons (Fsp3) is 0.462. The molecule has 0 fully saturated rings. The molecule has 0 aromatic carbocycles. The first-order valence-electron chi connectivity index (χ1n) is 5.91. The number of H-pyrrole nitrogens is 1. The van der Waals surface area contributed by atoms with Gasteiger partial charge in [0.25, 0.3) is 0 Å². The third-order valence-corrected chi connectivity index (χ3v) is 4.16. The second-order valence-corrected chi connectivity index (χ2v) is 6.09. The van der Waals surface area contributed by atoms with Gasteiger partial charge in [-0.2, -0.15) is 0 Å². The molecule has 1 unspecified atom stereocenters. The van der Waals surface area contributed by atoms with Gasteiger partial charge in [-0.25, -0.2) is 0 Å². The lowest BCUT2D eigenvalue weighted by Gasteiger charge is -2.17. The topological polar surface area (TPSA) is 20.7 Å². The predicted molar refractivity (Wildman–Crippen MR) is 76.4 cm³/mol. The maximum absolute atomic E-state index is 5.37. The van der Waals surface area contributed by atoms with Gasteiger partial charge in [-0.1, -0.05) is 19.9 Å². The Bertz CT molecular complexity index is 520. The molecule has 4 heteroatoms. The number of nitrogens with zero attached hydrogens (tertiary/aromatic N) is 1. The molecule has 2 aromatic heterocycles. The minimum Gasteiger partial charge on any atom is -0.337 e. The smallest absolute Gasteiger partial charge is 0.177 e. The quantitative estimate of drug-likeness (QED) is 0.806. The zero-order valence-corrected chi connectivity index (χ0v) is 12.1. The highest BCUT2D eigenvalue weighted by Gasteiger charge is 2.14. The molecule has 1 N–H and O–H groups in total. The third-order valence-electron chi connectivity index (χ3n) is 2.95. The van der Waals surface area contributed by atoms with Gasteiger partial charge in [0.1, 0.15) is 0 Å². The maximum Gasteiger partial charge on any atom is 0.177 e. The van der Waals surface area contributed by atoms with Gasteiger partial charge in [0.2, 0.25) is 0 Å². The molecule has 0 aliphatic heterocycles. The Morgan fingerprint density at radius 1 is 1.41 bits per heavy atom. The van der Waals surface area contributed by atoms with Crippen molar-refractivity contribution >= 4 is 23.6 Å². The molecule has 0 bridgehead atoms. The van der Waals surface area contributed by atoms with Gasteiger partial charge >= 0.3 is 0 Å². The van der Waals surface area contributed by atoms with Gasteiger partial charge in [0.05, 0.1) is 0 Å². The average molecular weight is 266 g/mol. The number of rotatable bonds is 4. The Balaban J connectivity index is 2.27. The molecule has 92 valence electrons. The van der Waals surface area contributed by atoms with E-state index in [0.717, 1.165) is 11.2 Å². The van der Waals surface area contributed by atoms with Crippen LogP contribution in [0.3, 0.4) is 0 Å². The van der Waals surface area contributed by atoms with Crippen LogP contribution in [-0.4, -0.2) is 9.55 Å². The lowest BCUT2D eigenvalue weighted by Crippen LogP contribution is -2.12. The molecular weight excluding hydrogens is 248 g/mol. The number of nitrogens with one attached hydrogen (secondary N) is 1. The summed E-state index contributed by atoms with van der Waals surface area (Å²) in [5.74, 6) is 0.494. The van der Waals surface area contributed by atoms with Crippen LogP contribution in [0.4, 0.5) is 0 Å². The van der Waals surface area contributed by atoms with Crippen molar-refractivity contribution in [2.75, 3.05) is 0 Å². The molecule has 0 saturated heterocycles. The molecule has 0 amide bonds. The largest absolute Gasteiger partial charge is 0.337 e. The van der Waals surface area contributed by atoms with Crippen molar-refractivity contribution in [2.24, 2.45) is 0 Å². The highest BCUT2D eigenvalue weighted by molar-refractivity contribution is 7.71. The summed E-state index contributed by atoms with van der Waals surface area (Å²) in [6.45, 7) is 6.63. The van der Waals surface area contributed by atoms with E-state index in [1.807, 2.05) is 17.5 Å². The van der Waals surface area contributed by atoms with Crippen LogP contribution in [0.25, 0.3) is 0 Å². The first-order chi connectivity index (χ1) is 8.09. The van der Waals surface area contributed by atoms with E-state index in [1.54, 1.807) is 0 Å². The van der Waals surface area contributed by atoms with E-state index in [0.29, 0.717) is 12.0 Å². The summed E-state index contributed by atoms with van der Waals surface area (Å²) in [7, 11) is 0. The van der Waals surface area contributed by atoms with Crippen molar-refractivity contribution in [2.45, 2.75) is 39.2 Å². The van der Waals surface area contributed by atoms with E-state index in [-0.39, 0.29) is 0 Å². The molecule has 2 rings (SSSR count). The van der Waals surface area contributed by atoms with Crippen LogP contribution >= 0.6 is 23.6 Å². The van der Waals surface area contributed by atoms with Crippen molar-refractivity contribution in [1.82, 2.24) is 9.55 Å². The average Bonchev–Trinajstić information content (AvgIpc) is 2.86. The number of aromatic amines is 1. The van der Waals surface area contributed by atoms with Crippen LogP contribution < -0.4 is 0 Å². The Kier molecular flexibility index (Phi) is 3.84. The van der Waals surface area contributed by atoms with E-state index in [2.05, 4.69) is 47.8 Å². The summed E-state index contributed by atoms with van der Waals surface area (Å²) in [6.07, 6.45) is 3.08. The minimum atomic E-state index is 0.407. The maximum atomic E-state index is 5.37. The second-order valence-electron chi connectivity index (χ2n) is 4.68. The molecule has 17 heavy (non-hydrogen) atoms. The summed E-state index contributed by atoms with van der Waals surface area (Å²) in [5, 5.41) is 2.13. The highest BCUT2D eigenvalue weighted by atomic mass is 32.1. The molecule has 0 saturated carbocycles. The summed E-state index contributed by atoms with van der Waals surface area (Å²) in [4.78, 5) is 4.57. The van der Waals surface area contributed by atoms with Gasteiger partial charge in [-0.3, -0.25) is 0 Å². The van der Waals surface area contributed by atoms with Crippen molar-refractivity contribution in [3.05, 3.63) is 39.1 Å². The Hall–Kier alpha value is -0.870. The van der Waals surface area contributed by atoms with E-state index in [1.165, 1.54) is 10.6 Å². The van der Waals surface area contributed by atoms with E-state index >= 15 is 0 Å². The molecule has 1 atom stereocenters. The van der Waals surface area contributed by atoms with Crippen molar-refractivity contribution in [3.63, 3.8) is 0 Å². The molecule has 0 aliphatic carbocycles. The number of hydrogen-bond donors (Lipinski definition) is 1. The first kappa shape index (κ1) is 12.6. The highest BCUT2D eigenvalue weighted by Crippen LogP contribution is 2.23. The predicted octanol–water partition coefficient (Wildman–Crippen LogP) is 4.53. The summed E-state index contributed by atoms with van der Waals surface area (Å²) in [5.41, 5.74) is 1.29. The van der Waals surface area contributed by atoms with Crippen LogP contribution in [0.5, 0.6) is 0 Å². The SMILES string of the molecule is CC(C)c1c[nH]c(=S)n1C(C)Cc1cccs1. The van der Waals surface area contributed by atoms with Gasteiger partial charge in [-0.15, -0.1) is 11.3 Å². The van der Waals surface area contributed by atoms with Crippen molar-refractivity contribution in [1.29, 1.82) is 0 Å². The van der Waals surface area contributed by atoms with Crippen molar-refractivity contribution in [3.8, 4) is 0 Å². The first-order valence-corrected chi connectivity index (χ1v) is 7.20. The Morgan fingerprint density at radius 2 is 2.18 bits per heavy atom. The fourth-order valence-corrected chi connectivity index (χ4v) is 3.27. The zero-order valence-electron chi connectivity index (χ0n) is 10.4. The molecular formula is C13H18N2S2. The molecule has 2 aromatic rings. The van der Waals surface area contributed by atoms with Crippen molar-refractivity contribution < 1.29 is 0 Å². The number of hydrogen-bond acceptors (Lipinski definition) is 2.